The van der Waals surface area contributed by atoms with Crippen LogP contribution in [0.4, 0.5) is 10.1 Å². The van der Waals surface area contributed by atoms with E-state index in [1.807, 2.05) is 46.8 Å². The third-order valence-electron chi connectivity index (χ3n) is 6.58. The molecule has 2 aromatic carbocycles. The second-order valence-corrected chi connectivity index (χ2v) is 11.5. The summed E-state index contributed by atoms with van der Waals surface area (Å²) in [4.78, 5) is 28.0. The minimum atomic E-state index is -3.56. The second-order valence-electron chi connectivity index (χ2n) is 9.60. The molecule has 2 aromatic rings. The number of hydrogen-bond donors (Lipinski definition) is 1. The summed E-state index contributed by atoms with van der Waals surface area (Å²) in [6, 6.07) is 10.6. The van der Waals surface area contributed by atoms with Gasteiger partial charge in [0, 0.05) is 25.6 Å². The summed E-state index contributed by atoms with van der Waals surface area (Å²) in [5, 5.41) is 2.96. The lowest BCUT2D eigenvalue weighted by Crippen LogP contribution is -2.50. The molecule has 37 heavy (non-hydrogen) atoms. The lowest BCUT2D eigenvalue weighted by molar-refractivity contribution is -0.141. The Morgan fingerprint density at radius 2 is 1.65 bits per heavy atom. The van der Waals surface area contributed by atoms with Gasteiger partial charge in [0.25, 0.3) is 0 Å². The monoisotopic (exact) mass is 533 g/mol. The zero-order chi connectivity index (χ0) is 27.8. The SMILES string of the molecule is CC[C@H](C(=O)N[C@@H](C)CC)N(Cc1ccc(F)cc1)C(=O)CCCN(c1ccc(C)c(C)c1)S(C)(=O)=O. The van der Waals surface area contributed by atoms with E-state index < -0.39 is 16.1 Å². The Kier molecular flexibility index (Phi) is 11.1. The fourth-order valence-electron chi connectivity index (χ4n) is 4.03. The van der Waals surface area contributed by atoms with E-state index in [0.29, 0.717) is 17.7 Å². The van der Waals surface area contributed by atoms with Crippen LogP contribution in [0.1, 0.15) is 63.1 Å². The maximum atomic E-state index is 13.4. The predicted octanol–water partition coefficient (Wildman–Crippen LogP) is 4.71. The molecule has 1 N–H and O–H groups in total. The number of rotatable bonds is 13. The highest BCUT2D eigenvalue weighted by Crippen LogP contribution is 2.22. The number of amides is 2. The molecule has 0 bridgehead atoms. The molecular formula is C28H40FN3O4S. The molecule has 0 aliphatic carbocycles. The van der Waals surface area contributed by atoms with Gasteiger partial charge in [-0.05, 0) is 81.0 Å². The van der Waals surface area contributed by atoms with Crippen molar-refractivity contribution in [1.82, 2.24) is 10.2 Å². The number of anilines is 1. The Morgan fingerprint density at radius 3 is 2.19 bits per heavy atom. The number of nitrogens with zero attached hydrogens (tertiary/aromatic N) is 2. The number of benzene rings is 2. The van der Waals surface area contributed by atoms with Crippen LogP contribution in [0.25, 0.3) is 0 Å². The van der Waals surface area contributed by atoms with Gasteiger partial charge < -0.3 is 10.2 Å². The quantitative estimate of drug-likeness (QED) is 0.404. The number of carbonyl (C=O) groups is 2. The molecule has 0 spiro atoms. The zero-order valence-corrected chi connectivity index (χ0v) is 23.6. The van der Waals surface area contributed by atoms with Crippen LogP contribution < -0.4 is 9.62 Å². The molecule has 0 heterocycles. The van der Waals surface area contributed by atoms with E-state index in [1.165, 1.54) is 21.3 Å². The first kappa shape index (κ1) is 30.3. The molecule has 204 valence electrons. The molecule has 0 saturated carbocycles. The number of nitrogens with one attached hydrogen (secondary N) is 1. The second kappa shape index (κ2) is 13.6. The molecule has 9 heteroatoms. The third-order valence-corrected chi connectivity index (χ3v) is 7.78. The van der Waals surface area contributed by atoms with Crippen LogP contribution in [0.5, 0.6) is 0 Å². The van der Waals surface area contributed by atoms with Crippen LogP contribution in [0, 0.1) is 19.7 Å². The van der Waals surface area contributed by atoms with Crippen molar-refractivity contribution in [2.24, 2.45) is 0 Å². The van der Waals surface area contributed by atoms with Crippen LogP contribution in [-0.2, 0) is 26.2 Å². The smallest absolute Gasteiger partial charge is 0.243 e. The summed E-state index contributed by atoms with van der Waals surface area (Å²) in [5.74, 6) is -0.875. The summed E-state index contributed by atoms with van der Waals surface area (Å²) >= 11 is 0. The first-order chi connectivity index (χ1) is 17.4. The van der Waals surface area contributed by atoms with Gasteiger partial charge in [-0.2, -0.15) is 0 Å². The number of hydrogen-bond acceptors (Lipinski definition) is 4. The normalized spacial score (nSPS) is 13.1. The summed E-state index contributed by atoms with van der Waals surface area (Å²) in [6.07, 6.45) is 2.66. The molecule has 2 amide bonds. The summed E-state index contributed by atoms with van der Waals surface area (Å²) in [7, 11) is -3.56. The van der Waals surface area contributed by atoms with Crippen molar-refractivity contribution in [2.75, 3.05) is 17.1 Å². The molecule has 0 aliphatic heterocycles. The van der Waals surface area contributed by atoms with E-state index in [0.717, 1.165) is 23.8 Å². The first-order valence-corrected chi connectivity index (χ1v) is 14.6. The molecular weight excluding hydrogens is 493 g/mol. The Bertz CT molecular complexity index is 1170. The molecule has 0 aliphatic rings. The van der Waals surface area contributed by atoms with E-state index in [2.05, 4.69) is 5.32 Å². The van der Waals surface area contributed by atoms with Crippen molar-refractivity contribution in [3.8, 4) is 0 Å². The number of aryl methyl sites for hydroxylation is 2. The van der Waals surface area contributed by atoms with Gasteiger partial charge in [-0.15, -0.1) is 0 Å². The van der Waals surface area contributed by atoms with E-state index in [-0.39, 0.29) is 49.6 Å². The highest BCUT2D eigenvalue weighted by Gasteiger charge is 2.29. The highest BCUT2D eigenvalue weighted by atomic mass is 32.2. The highest BCUT2D eigenvalue weighted by molar-refractivity contribution is 7.92. The van der Waals surface area contributed by atoms with Crippen molar-refractivity contribution in [3.63, 3.8) is 0 Å². The Hall–Kier alpha value is -2.94. The van der Waals surface area contributed by atoms with Gasteiger partial charge in [0.05, 0.1) is 11.9 Å². The molecule has 0 unspecified atom stereocenters. The average Bonchev–Trinajstić information content (AvgIpc) is 2.83. The van der Waals surface area contributed by atoms with Crippen molar-refractivity contribution in [3.05, 3.63) is 65.0 Å². The van der Waals surface area contributed by atoms with Crippen molar-refractivity contribution < 1.29 is 22.4 Å². The van der Waals surface area contributed by atoms with Crippen molar-refractivity contribution in [2.45, 2.75) is 78.9 Å². The Morgan fingerprint density at radius 1 is 1.00 bits per heavy atom. The van der Waals surface area contributed by atoms with Gasteiger partial charge in [0.15, 0.2) is 0 Å². The minimum Gasteiger partial charge on any atom is -0.352 e. The maximum Gasteiger partial charge on any atom is 0.243 e. The molecule has 0 fully saturated rings. The first-order valence-electron chi connectivity index (χ1n) is 12.8. The van der Waals surface area contributed by atoms with Crippen molar-refractivity contribution in [1.29, 1.82) is 0 Å². The van der Waals surface area contributed by atoms with E-state index in [4.69, 9.17) is 0 Å². The van der Waals surface area contributed by atoms with Crippen LogP contribution in [0.3, 0.4) is 0 Å². The third kappa shape index (κ3) is 8.84. The van der Waals surface area contributed by atoms with Gasteiger partial charge >= 0.3 is 0 Å². The summed E-state index contributed by atoms with van der Waals surface area (Å²) < 4.78 is 39.8. The van der Waals surface area contributed by atoms with Crippen LogP contribution >= 0.6 is 0 Å². The van der Waals surface area contributed by atoms with E-state index in [1.54, 1.807) is 18.2 Å². The lowest BCUT2D eigenvalue weighted by atomic mass is 10.1. The van der Waals surface area contributed by atoms with E-state index in [9.17, 15) is 22.4 Å². The minimum absolute atomic E-state index is 0.0365. The molecule has 2 atom stereocenters. The summed E-state index contributed by atoms with van der Waals surface area (Å²) in [5.41, 5.74) is 3.30. The van der Waals surface area contributed by atoms with Crippen LogP contribution in [-0.4, -0.2) is 50.0 Å². The molecule has 0 radical (unpaired) electrons. The predicted molar refractivity (Wildman–Crippen MR) is 146 cm³/mol. The number of halogens is 1. The topological polar surface area (TPSA) is 86.8 Å². The lowest BCUT2D eigenvalue weighted by Gasteiger charge is -2.32. The maximum absolute atomic E-state index is 13.4. The fourth-order valence-corrected chi connectivity index (χ4v) is 4.99. The Balaban J connectivity index is 2.23. The molecule has 2 rings (SSSR count). The van der Waals surface area contributed by atoms with Crippen molar-refractivity contribution >= 4 is 27.5 Å². The average molecular weight is 534 g/mol. The molecule has 0 saturated heterocycles. The van der Waals surface area contributed by atoms with E-state index >= 15 is 0 Å². The fraction of sp³-hybridized carbons (Fsp3) is 0.500. The van der Waals surface area contributed by atoms with Crippen LogP contribution in [0.2, 0.25) is 0 Å². The molecule has 7 nitrogen and oxygen atoms in total. The van der Waals surface area contributed by atoms with Gasteiger partial charge in [0.2, 0.25) is 21.8 Å². The standard InChI is InChI=1S/C28H40FN3O4S/c1-7-22(5)30-28(34)26(8-2)31(19-23-12-14-24(29)15-13-23)27(33)10-9-17-32(37(6,35)36)25-16-11-20(3)21(4)18-25/h11-16,18,22,26H,7-10,17,19H2,1-6H3,(H,30,34)/t22-,26+/m0/s1. The zero-order valence-electron chi connectivity index (χ0n) is 22.8. The van der Waals surface area contributed by atoms with Gasteiger partial charge in [-0.3, -0.25) is 13.9 Å². The van der Waals surface area contributed by atoms with Gasteiger partial charge in [-0.1, -0.05) is 32.0 Å². The van der Waals surface area contributed by atoms with Gasteiger partial charge in [-0.25, -0.2) is 12.8 Å². The summed E-state index contributed by atoms with van der Waals surface area (Å²) in [6.45, 7) is 9.88. The Labute approximate surface area is 221 Å². The van der Waals surface area contributed by atoms with Crippen LogP contribution in [0.15, 0.2) is 42.5 Å². The van der Waals surface area contributed by atoms with Gasteiger partial charge in [0.1, 0.15) is 11.9 Å². The molecule has 0 aromatic heterocycles. The number of sulfonamides is 1. The number of carbonyl (C=O) groups excluding carboxylic acids is 2. The largest absolute Gasteiger partial charge is 0.352 e.